The van der Waals surface area contributed by atoms with Crippen molar-refractivity contribution < 1.29 is 38.6 Å². The molecule has 1 spiro atoms. The maximum absolute atomic E-state index is 13.2. The van der Waals surface area contributed by atoms with Crippen LogP contribution in [0.3, 0.4) is 0 Å². The molecule has 12 nitrogen and oxygen atoms in total. The van der Waals surface area contributed by atoms with Crippen molar-refractivity contribution in [3.8, 4) is 0 Å². The molecule has 32 heavy (non-hydrogen) atoms. The highest BCUT2D eigenvalue weighted by Crippen LogP contribution is 2.31. The number of methoxy groups -OCH3 is 1. The minimum atomic E-state index is -1.34. The van der Waals surface area contributed by atoms with E-state index in [1.807, 2.05) is 6.07 Å². The molecule has 2 aliphatic rings. The summed E-state index contributed by atoms with van der Waals surface area (Å²) in [6.45, 7) is 0.0690. The molecule has 0 radical (unpaired) electrons. The molecule has 2 fully saturated rings. The summed E-state index contributed by atoms with van der Waals surface area (Å²) < 4.78 is 9.76. The lowest BCUT2D eigenvalue weighted by Crippen LogP contribution is -2.57. The number of imide groups is 1. The number of carbonyl (C=O) groups is 5. The normalized spacial score (nSPS) is 18.2. The molecule has 3 rings (SSSR count). The van der Waals surface area contributed by atoms with Gasteiger partial charge in [-0.15, -0.1) is 0 Å². The number of carbonyl (C=O) groups excluding carboxylic acids is 4. The predicted molar refractivity (Wildman–Crippen MR) is 107 cm³/mol. The summed E-state index contributed by atoms with van der Waals surface area (Å²) in [6, 6.07) is 8.08. The number of likely N-dealkylation sites (tertiary alicyclic amines) is 1. The maximum atomic E-state index is 13.2. The SMILES string of the molecule is COC(=O)CC(NC(=O)OCc1ccccc1)N1C(=O)NC2(CCN(C(=O)O)CC2)C1=O. The first-order valence-electron chi connectivity index (χ1n) is 9.93. The van der Waals surface area contributed by atoms with Gasteiger partial charge in [0, 0.05) is 13.1 Å². The molecule has 0 bridgehead atoms. The second kappa shape index (κ2) is 9.54. The van der Waals surface area contributed by atoms with Crippen molar-refractivity contribution in [2.45, 2.75) is 37.6 Å². The number of rotatable bonds is 6. The number of carboxylic acid groups (broad SMARTS) is 1. The largest absolute Gasteiger partial charge is 0.469 e. The number of piperidine rings is 1. The molecule has 0 saturated carbocycles. The Morgan fingerprint density at radius 3 is 2.44 bits per heavy atom. The summed E-state index contributed by atoms with van der Waals surface area (Å²) >= 11 is 0. The number of nitrogens with zero attached hydrogens (tertiary/aromatic N) is 2. The molecule has 2 heterocycles. The zero-order chi connectivity index (χ0) is 23.3. The van der Waals surface area contributed by atoms with Crippen LogP contribution in [0.4, 0.5) is 14.4 Å². The van der Waals surface area contributed by atoms with Crippen LogP contribution in [-0.4, -0.2) is 76.9 Å². The highest BCUT2D eigenvalue weighted by molar-refractivity contribution is 6.07. The van der Waals surface area contributed by atoms with Gasteiger partial charge in [-0.05, 0) is 18.4 Å². The lowest BCUT2D eigenvalue weighted by atomic mass is 9.87. The molecule has 172 valence electrons. The van der Waals surface area contributed by atoms with E-state index in [1.54, 1.807) is 24.3 Å². The Labute approximate surface area is 183 Å². The van der Waals surface area contributed by atoms with Gasteiger partial charge < -0.3 is 24.8 Å². The van der Waals surface area contributed by atoms with Crippen molar-refractivity contribution in [1.82, 2.24) is 20.4 Å². The number of ether oxygens (including phenoxy) is 2. The average molecular weight is 448 g/mol. The smallest absolute Gasteiger partial charge is 0.409 e. The molecule has 2 aliphatic heterocycles. The maximum Gasteiger partial charge on any atom is 0.409 e. The van der Waals surface area contributed by atoms with Gasteiger partial charge in [0.05, 0.1) is 13.5 Å². The van der Waals surface area contributed by atoms with Crippen molar-refractivity contribution in [3.63, 3.8) is 0 Å². The highest BCUT2D eigenvalue weighted by atomic mass is 16.5. The second-order valence-electron chi connectivity index (χ2n) is 7.46. The molecule has 1 aromatic rings. The number of esters is 1. The van der Waals surface area contributed by atoms with E-state index < -0.39 is 48.2 Å². The Morgan fingerprint density at radius 1 is 1.19 bits per heavy atom. The zero-order valence-electron chi connectivity index (χ0n) is 17.4. The summed E-state index contributed by atoms with van der Waals surface area (Å²) in [5, 5.41) is 14.1. The number of nitrogens with one attached hydrogen (secondary N) is 2. The summed E-state index contributed by atoms with van der Waals surface area (Å²) in [5.74, 6) is -1.40. The van der Waals surface area contributed by atoms with Gasteiger partial charge in [0.25, 0.3) is 5.91 Å². The third kappa shape index (κ3) is 4.90. The molecular weight excluding hydrogens is 424 g/mol. The van der Waals surface area contributed by atoms with Gasteiger partial charge in [0.1, 0.15) is 18.3 Å². The molecule has 1 atom stereocenters. The molecule has 1 unspecified atom stereocenters. The molecule has 5 amide bonds. The highest BCUT2D eigenvalue weighted by Gasteiger charge is 2.55. The van der Waals surface area contributed by atoms with Crippen LogP contribution < -0.4 is 10.6 Å². The molecule has 2 saturated heterocycles. The quantitative estimate of drug-likeness (QED) is 0.428. The van der Waals surface area contributed by atoms with Gasteiger partial charge in [-0.3, -0.25) is 14.9 Å². The standard InChI is InChI=1S/C20H24N4O8/c1-31-15(25)11-14(21-18(28)32-12-13-5-3-2-4-6-13)24-16(26)20(22-17(24)27)7-9-23(10-8-20)19(29)30/h2-6,14H,7-12H2,1H3,(H,21,28)(H,22,27)(H,29,30). The van der Waals surface area contributed by atoms with Crippen LogP contribution in [0.25, 0.3) is 0 Å². The summed E-state index contributed by atoms with van der Waals surface area (Å²) in [7, 11) is 1.14. The van der Waals surface area contributed by atoms with Crippen molar-refractivity contribution in [1.29, 1.82) is 0 Å². The Kier molecular flexibility index (Phi) is 6.81. The summed E-state index contributed by atoms with van der Waals surface area (Å²) in [4.78, 5) is 63.1. The number of benzene rings is 1. The molecular formula is C20H24N4O8. The summed E-state index contributed by atoms with van der Waals surface area (Å²) in [6.07, 6.45) is -3.71. The Hall–Kier alpha value is -3.83. The fourth-order valence-corrected chi connectivity index (χ4v) is 3.69. The first-order valence-corrected chi connectivity index (χ1v) is 9.93. The van der Waals surface area contributed by atoms with Crippen molar-refractivity contribution >= 4 is 30.1 Å². The lowest BCUT2D eigenvalue weighted by molar-refractivity contribution is -0.143. The molecule has 0 aromatic heterocycles. The van der Waals surface area contributed by atoms with E-state index in [1.165, 1.54) is 0 Å². The van der Waals surface area contributed by atoms with Gasteiger partial charge in [-0.25, -0.2) is 19.3 Å². The van der Waals surface area contributed by atoms with E-state index in [0.29, 0.717) is 0 Å². The molecule has 0 aliphatic carbocycles. The molecule has 12 heteroatoms. The number of amides is 5. The van der Waals surface area contributed by atoms with Crippen LogP contribution in [0, 0.1) is 0 Å². The number of hydrogen-bond donors (Lipinski definition) is 3. The Morgan fingerprint density at radius 2 is 1.84 bits per heavy atom. The average Bonchev–Trinajstić information content (AvgIpc) is 3.01. The molecule has 1 aromatic carbocycles. The van der Waals surface area contributed by atoms with Gasteiger partial charge in [-0.2, -0.15) is 0 Å². The first kappa shape index (κ1) is 22.8. The molecule has 3 N–H and O–H groups in total. The van der Waals surface area contributed by atoms with E-state index in [4.69, 9.17) is 9.84 Å². The Balaban J connectivity index is 1.71. The number of hydrogen-bond acceptors (Lipinski definition) is 7. The second-order valence-corrected chi connectivity index (χ2v) is 7.46. The third-order valence-corrected chi connectivity index (χ3v) is 5.48. The fourth-order valence-electron chi connectivity index (χ4n) is 3.69. The van der Waals surface area contributed by atoms with E-state index >= 15 is 0 Å². The number of urea groups is 1. The van der Waals surface area contributed by atoms with E-state index in [9.17, 15) is 24.0 Å². The van der Waals surface area contributed by atoms with Gasteiger partial charge >= 0.3 is 24.2 Å². The van der Waals surface area contributed by atoms with Crippen LogP contribution in [0.1, 0.15) is 24.8 Å². The third-order valence-electron chi connectivity index (χ3n) is 5.48. The first-order chi connectivity index (χ1) is 15.3. The van der Waals surface area contributed by atoms with Crippen molar-refractivity contribution in [3.05, 3.63) is 35.9 Å². The van der Waals surface area contributed by atoms with Crippen LogP contribution in [0.5, 0.6) is 0 Å². The van der Waals surface area contributed by atoms with E-state index in [2.05, 4.69) is 15.4 Å². The predicted octanol–water partition coefficient (Wildman–Crippen LogP) is 0.866. The van der Waals surface area contributed by atoms with E-state index in [-0.39, 0.29) is 32.5 Å². The van der Waals surface area contributed by atoms with Crippen LogP contribution in [-0.2, 0) is 25.7 Å². The minimum Gasteiger partial charge on any atom is -0.469 e. The topological polar surface area (TPSA) is 155 Å². The minimum absolute atomic E-state index is 0.0489. The lowest BCUT2D eigenvalue weighted by Gasteiger charge is -2.36. The van der Waals surface area contributed by atoms with Crippen LogP contribution in [0.15, 0.2) is 30.3 Å². The van der Waals surface area contributed by atoms with Gasteiger partial charge in [-0.1, -0.05) is 30.3 Å². The van der Waals surface area contributed by atoms with Crippen molar-refractivity contribution in [2.24, 2.45) is 0 Å². The van der Waals surface area contributed by atoms with E-state index in [0.717, 1.165) is 22.5 Å². The van der Waals surface area contributed by atoms with Gasteiger partial charge in [0.2, 0.25) is 0 Å². The van der Waals surface area contributed by atoms with Gasteiger partial charge in [0.15, 0.2) is 0 Å². The van der Waals surface area contributed by atoms with Crippen LogP contribution >= 0.6 is 0 Å². The van der Waals surface area contributed by atoms with Crippen molar-refractivity contribution in [2.75, 3.05) is 20.2 Å². The number of alkyl carbamates (subject to hydrolysis) is 1. The monoisotopic (exact) mass is 448 g/mol. The van der Waals surface area contributed by atoms with Crippen LogP contribution in [0.2, 0.25) is 0 Å². The fraction of sp³-hybridized carbons (Fsp3) is 0.450. The Bertz CT molecular complexity index is 898. The summed E-state index contributed by atoms with van der Waals surface area (Å²) in [5.41, 5.74) is -0.571. The zero-order valence-corrected chi connectivity index (χ0v) is 17.4.